The summed E-state index contributed by atoms with van der Waals surface area (Å²) < 4.78 is 16.8. The molecule has 1 saturated heterocycles. The first-order chi connectivity index (χ1) is 12.6. The topological polar surface area (TPSA) is 94.2 Å². The molecule has 2 aromatic carbocycles. The van der Waals surface area contributed by atoms with Crippen molar-refractivity contribution in [1.29, 1.82) is 0 Å². The van der Waals surface area contributed by atoms with Crippen molar-refractivity contribution in [2.24, 2.45) is 5.73 Å². The molecule has 6 nitrogen and oxygen atoms in total. The summed E-state index contributed by atoms with van der Waals surface area (Å²) in [6.07, 6.45) is -3.67. The highest BCUT2D eigenvalue weighted by molar-refractivity contribution is 5.14. The molecule has 2 aromatic rings. The Labute approximate surface area is 153 Å². The fourth-order valence-corrected chi connectivity index (χ4v) is 2.93. The zero-order valence-corrected chi connectivity index (χ0v) is 14.5. The molecule has 0 aliphatic carbocycles. The van der Waals surface area contributed by atoms with Crippen molar-refractivity contribution in [1.82, 2.24) is 0 Å². The molecule has 140 valence electrons. The van der Waals surface area contributed by atoms with Crippen molar-refractivity contribution < 1.29 is 24.4 Å². The summed E-state index contributed by atoms with van der Waals surface area (Å²) in [4.78, 5) is 0. The number of nitrogens with two attached hydrogens (primary N) is 1. The fraction of sp³-hybridized carbons (Fsp3) is 0.400. The van der Waals surface area contributed by atoms with Crippen LogP contribution in [0.15, 0.2) is 60.7 Å². The van der Waals surface area contributed by atoms with Gasteiger partial charge in [-0.2, -0.15) is 0 Å². The summed E-state index contributed by atoms with van der Waals surface area (Å²) in [5, 5.41) is 20.6. The van der Waals surface area contributed by atoms with Gasteiger partial charge < -0.3 is 30.2 Å². The average molecular weight is 359 g/mol. The van der Waals surface area contributed by atoms with E-state index in [4.69, 9.17) is 19.9 Å². The third kappa shape index (κ3) is 4.88. The van der Waals surface area contributed by atoms with Gasteiger partial charge in [0, 0.05) is 0 Å². The van der Waals surface area contributed by atoms with Crippen LogP contribution >= 0.6 is 0 Å². The summed E-state index contributed by atoms with van der Waals surface area (Å²) >= 11 is 0. The Morgan fingerprint density at radius 1 is 0.885 bits per heavy atom. The molecule has 6 heteroatoms. The Morgan fingerprint density at radius 3 is 2.08 bits per heavy atom. The van der Waals surface area contributed by atoms with Crippen LogP contribution in [0.25, 0.3) is 0 Å². The molecule has 5 atom stereocenters. The van der Waals surface area contributed by atoms with E-state index >= 15 is 0 Å². The predicted octanol–water partition coefficient (Wildman–Crippen LogP) is 1.19. The summed E-state index contributed by atoms with van der Waals surface area (Å²) in [6, 6.07) is 18.5. The van der Waals surface area contributed by atoms with Crippen LogP contribution in [0.3, 0.4) is 0 Å². The molecule has 4 N–H and O–H groups in total. The van der Waals surface area contributed by atoms with E-state index in [0.29, 0.717) is 13.2 Å². The third-order valence-electron chi connectivity index (χ3n) is 4.42. The fourth-order valence-electron chi connectivity index (χ4n) is 2.93. The van der Waals surface area contributed by atoms with Gasteiger partial charge in [0.2, 0.25) is 0 Å². The molecule has 26 heavy (non-hydrogen) atoms. The van der Waals surface area contributed by atoms with Gasteiger partial charge in [0.1, 0.15) is 18.3 Å². The highest BCUT2D eigenvalue weighted by atomic mass is 16.6. The van der Waals surface area contributed by atoms with Crippen LogP contribution in [-0.4, -0.2) is 47.5 Å². The van der Waals surface area contributed by atoms with Gasteiger partial charge in [0.15, 0.2) is 6.29 Å². The van der Waals surface area contributed by atoms with Crippen molar-refractivity contribution in [3.63, 3.8) is 0 Å². The first-order valence-electron chi connectivity index (χ1n) is 8.69. The molecule has 0 radical (unpaired) electrons. The minimum Gasteiger partial charge on any atom is -0.388 e. The molecule has 0 spiro atoms. The lowest BCUT2D eigenvalue weighted by atomic mass is 9.97. The van der Waals surface area contributed by atoms with Crippen LogP contribution in [0.2, 0.25) is 0 Å². The number of rotatable bonds is 7. The second-order valence-electron chi connectivity index (χ2n) is 6.39. The number of benzene rings is 2. The molecule has 1 aliphatic rings. The van der Waals surface area contributed by atoms with Crippen molar-refractivity contribution in [3.8, 4) is 0 Å². The molecule has 0 aromatic heterocycles. The second-order valence-corrected chi connectivity index (χ2v) is 6.39. The summed E-state index contributed by atoms with van der Waals surface area (Å²) in [7, 11) is 0. The van der Waals surface area contributed by atoms with Crippen molar-refractivity contribution in [2.45, 2.75) is 43.9 Å². The predicted molar refractivity (Wildman–Crippen MR) is 96.0 cm³/mol. The minimum atomic E-state index is -1.22. The number of ether oxygens (including phenoxy) is 3. The molecular weight excluding hydrogens is 334 g/mol. The first kappa shape index (κ1) is 19.0. The van der Waals surface area contributed by atoms with E-state index < -0.39 is 30.6 Å². The van der Waals surface area contributed by atoms with E-state index in [1.54, 1.807) is 0 Å². The second kappa shape index (κ2) is 9.23. The smallest absolute Gasteiger partial charge is 0.173 e. The lowest BCUT2D eigenvalue weighted by Gasteiger charge is -2.41. The Hall–Kier alpha value is -1.80. The largest absolute Gasteiger partial charge is 0.388 e. The van der Waals surface area contributed by atoms with Crippen LogP contribution in [-0.2, 0) is 27.4 Å². The molecule has 1 aliphatic heterocycles. The van der Waals surface area contributed by atoms with Gasteiger partial charge >= 0.3 is 0 Å². The standard InChI is InChI=1S/C20H25NO5/c21-17-19(25-12-15-9-5-2-6-10-15)18(22)16(26-20(17)23)13-24-11-14-7-3-1-4-8-14/h1-10,16-20,22-23H,11-13,21H2/t16-,17-,18-,19-,20+/m1/s1. The van der Waals surface area contributed by atoms with Crippen LogP contribution in [0.5, 0.6) is 0 Å². The monoisotopic (exact) mass is 359 g/mol. The number of aliphatic hydroxyl groups excluding tert-OH is 2. The molecule has 0 amide bonds. The zero-order chi connectivity index (χ0) is 18.4. The first-order valence-corrected chi connectivity index (χ1v) is 8.69. The Bertz CT molecular complexity index is 654. The number of hydrogen-bond acceptors (Lipinski definition) is 6. The maximum Gasteiger partial charge on any atom is 0.173 e. The number of aliphatic hydroxyl groups is 2. The van der Waals surface area contributed by atoms with Gasteiger partial charge in [-0.3, -0.25) is 0 Å². The Morgan fingerprint density at radius 2 is 1.46 bits per heavy atom. The molecule has 0 unspecified atom stereocenters. The molecule has 1 heterocycles. The van der Waals surface area contributed by atoms with Crippen molar-refractivity contribution in [2.75, 3.05) is 6.61 Å². The maximum absolute atomic E-state index is 10.6. The number of hydrogen-bond donors (Lipinski definition) is 3. The van der Waals surface area contributed by atoms with Crippen LogP contribution in [0.4, 0.5) is 0 Å². The zero-order valence-electron chi connectivity index (χ0n) is 14.5. The molecule has 0 bridgehead atoms. The Balaban J connectivity index is 1.55. The van der Waals surface area contributed by atoms with Gasteiger partial charge in [-0.05, 0) is 11.1 Å². The van der Waals surface area contributed by atoms with E-state index in [1.807, 2.05) is 60.7 Å². The lowest BCUT2D eigenvalue weighted by Crippen LogP contribution is -2.62. The summed E-state index contributed by atoms with van der Waals surface area (Å²) in [6.45, 7) is 0.816. The van der Waals surface area contributed by atoms with Gasteiger partial charge in [-0.25, -0.2) is 0 Å². The Kier molecular flexibility index (Phi) is 6.73. The lowest BCUT2D eigenvalue weighted by molar-refractivity contribution is -0.262. The van der Waals surface area contributed by atoms with Gasteiger partial charge in [-0.15, -0.1) is 0 Å². The summed E-state index contributed by atoms with van der Waals surface area (Å²) in [5.74, 6) is 0. The van der Waals surface area contributed by atoms with Crippen LogP contribution in [0, 0.1) is 0 Å². The van der Waals surface area contributed by atoms with E-state index in [2.05, 4.69) is 0 Å². The van der Waals surface area contributed by atoms with E-state index in [9.17, 15) is 10.2 Å². The highest BCUT2D eigenvalue weighted by Crippen LogP contribution is 2.23. The van der Waals surface area contributed by atoms with Crippen molar-refractivity contribution in [3.05, 3.63) is 71.8 Å². The molecular formula is C20H25NO5. The van der Waals surface area contributed by atoms with E-state index in [-0.39, 0.29) is 6.61 Å². The van der Waals surface area contributed by atoms with Gasteiger partial charge in [0.25, 0.3) is 0 Å². The summed E-state index contributed by atoms with van der Waals surface area (Å²) in [5.41, 5.74) is 7.94. The van der Waals surface area contributed by atoms with Crippen LogP contribution < -0.4 is 5.73 Å². The highest BCUT2D eigenvalue weighted by Gasteiger charge is 2.43. The quantitative estimate of drug-likeness (QED) is 0.688. The molecule has 3 rings (SSSR count). The van der Waals surface area contributed by atoms with Crippen LogP contribution in [0.1, 0.15) is 11.1 Å². The van der Waals surface area contributed by atoms with Gasteiger partial charge in [0.05, 0.1) is 25.9 Å². The van der Waals surface area contributed by atoms with Crippen molar-refractivity contribution >= 4 is 0 Å². The SMILES string of the molecule is N[C@@H]1[C@@H](OCc2ccccc2)[C@H](O)[C@@H](COCc2ccccc2)O[C@@H]1O. The molecule has 1 fully saturated rings. The van der Waals surface area contributed by atoms with Gasteiger partial charge in [-0.1, -0.05) is 60.7 Å². The average Bonchev–Trinajstić information content (AvgIpc) is 2.67. The van der Waals surface area contributed by atoms with E-state index in [0.717, 1.165) is 11.1 Å². The molecule has 0 saturated carbocycles. The minimum absolute atomic E-state index is 0.130. The third-order valence-corrected chi connectivity index (χ3v) is 4.42. The normalized spacial score (nSPS) is 28.8. The maximum atomic E-state index is 10.6. The van der Waals surface area contributed by atoms with E-state index in [1.165, 1.54) is 0 Å².